The maximum absolute atomic E-state index is 12.1. The van der Waals surface area contributed by atoms with Crippen LogP contribution in [0.2, 0.25) is 0 Å². The summed E-state index contributed by atoms with van der Waals surface area (Å²) < 4.78 is 10.6. The van der Waals surface area contributed by atoms with Crippen molar-refractivity contribution < 1.29 is 13.7 Å². The molecule has 0 atom stereocenters. The first-order chi connectivity index (χ1) is 11.7. The number of nitrogens with one attached hydrogen (secondary N) is 1. The molecule has 2 aromatic heterocycles. The van der Waals surface area contributed by atoms with Gasteiger partial charge in [-0.05, 0) is 12.5 Å². The lowest BCUT2D eigenvalue weighted by Crippen LogP contribution is -2.23. The number of rotatable bonds is 6. The number of carbonyl (C=O) groups is 1. The van der Waals surface area contributed by atoms with Crippen LogP contribution in [0, 0.1) is 6.92 Å². The highest BCUT2D eigenvalue weighted by Gasteiger charge is 2.17. The Morgan fingerprint density at radius 2 is 1.96 bits per heavy atom. The van der Waals surface area contributed by atoms with Crippen LogP contribution in [-0.4, -0.2) is 21.0 Å². The van der Waals surface area contributed by atoms with Gasteiger partial charge in [-0.1, -0.05) is 42.4 Å². The van der Waals surface area contributed by atoms with Gasteiger partial charge in [0, 0.05) is 12.8 Å². The predicted octanol–water partition coefficient (Wildman–Crippen LogP) is 2.45. The summed E-state index contributed by atoms with van der Waals surface area (Å²) in [7, 11) is 0. The lowest BCUT2D eigenvalue weighted by atomic mass is 10.1. The van der Waals surface area contributed by atoms with Gasteiger partial charge >= 0.3 is 0 Å². The summed E-state index contributed by atoms with van der Waals surface area (Å²) >= 11 is 0. The largest absolute Gasteiger partial charge is 0.435 e. The molecule has 0 aliphatic heterocycles. The van der Waals surface area contributed by atoms with Gasteiger partial charge in [-0.3, -0.25) is 4.79 Å². The molecule has 0 radical (unpaired) electrons. The molecule has 1 N–H and O–H groups in total. The predicted molar refractivity (Wildman–Crippen MR) is 85.3 cm³/mol. The van der Waals surface area contributed by atoms with Crippen LogP contribution >= 0.6 is 0 Å². The minimum atomic E-state index is -0.345. The van der Waals surface area contributed by atoms with Crippen molar-refractivity contribution in [1.29, 1.82) is 0 Å². The second-order valence-electron chi connectivity index (χ2n) is 5.33. The van der Waals surface area contributed by atoms with Crippen molar-refractivity contribution in [3.8, 4) is 0 Å². The minimum absolute atomic E-state index is 0.141. The Labute approximate surface area is 139 Å². The average molecular weight is 326 g/mol. The number of oxazole rings is 1. The van der Waals surface area contributed by atoms with E-state index >= 15 is 0 Å². The summed E-state index contributed by atoms with van der Waals surface area (Å²) in [5, 5.41) is 6.63. The molecule has 124 valence electrons. The monoisotopic (exact) mass is 326 g/mol. The van der Waals surface area contributed by atoms with Crippen LogP contribution in [0.3, 0.4) is 0 Å². The molecular formula is C17H18N4O3. The summed E-state index contributed by atoms with van der Waals surface area (Å²) in [4.78, 5) is 20.6. The standard InChI is InChI=1S/C17H18N4O3/c1-3-14-19-11(2)16(23-14)17(22)18-10-15-20-13(21-24-15)9-12-7-5-4-6-8-12/h4-8H,3,9-10H2,1-2H3,(H,18,22). The van der Waals surface area contributed by atoms with E-state index in [1.165, 1.54) is 0 Å². The Balaban J connectivity index is 1.59. The SMILES string of the molecule is CCc1nc(C)c(C(=O)NCc2nc(Cc3ccccc3)no2)o1. The topological polar surface area (TPSA) is 94.1 Å². The molecule has 0 unspecified atom stereocenters. The van der Waals surface area contributed by atoms with Crippen LogP contribution < -0.4 is 5.32 Å². The van der Waals surface area contributed by atoms with Crippen molar-refractivity contribution >= 4 is 5.91 Å². The van der Waals surface area contributed by atoms with E-state index in [2.05, 4.69) is 20.4 Å². The molecule has 24 heavy (non-hydrogen) atoms. The summed E-state index contributed by atoms with van der Waals surface area (Å²) in [6.07, 6.45) is 1.22. The van der Waals surface area contributed by atoms with Crippen LogP contribution in [0.25, 0.3) is 0 Å². The number of carbonyl (C=O) groups excluding carboxylic acids is 1. The number of hydrogen-bond acceptors (Lipinski definition) is 6. The van der Waals surface area contributed by atoms with E-state index in [0.717, 1.165) is 5.56 Å². The van der Waals surface area contributed by atoms with Crippen LogP contribution in [0.4, 0.5) is 0 Å². The number of hydrogen-bond donors (Lipinski definition) is 1. The van der Waals surface area contributed by atoms with E-state index in [4.69, 9.17) is 8.94 Å². The summed E-state index contributed by atoms with van der Waals surface area (Å²) in [6.45, 7) is 3.80. The number of aryl methyl sites for hydroxylation is 2. The van der Waals surface area contributed by atoms with Gasteiger partial charge in [0.2, 0.25) is 11.7 Å². The lowest BCUT2D eigenvalue weighted by Gasteiger charge is -1.99. The third-order valence-corrected chi connectivity index (χ3v) is 3.46. The zero-order chi connectivity index (χ0) is 16.9. The van der Waals surface area contributed by atoms with E-state index in [0.29, 0.717) is 36.1 Å². The first-order valence-electron chi connectivity index (χ1n) is 7.75. The molecule has 2 heterocycles. The van der Waals surface area contributed by atoms with Gasteiger partial charge in [-0.15, -0.1) is 0 Å². The van der Waals surface area contributed by atoms with Crippen molar-refractivity contribution in [1.82, 2.24) is 20.4 Å². The Kier molecular flexibility index (Phi) is 4.69. The van der Waals surface area contributed by atoms with Crippen molar-refractivity contribution in [3.63, 3.8) is 0 Å². The molecule has 0 fully saturated rings. The highest BCUT2D eigenvalue weighted by atomic mass is 16.5. The van der Waals surface area contributed by atoms with Gasteiger partial charge in [0.25, 0.3) is 5.91 Å². The molecule has 0 aliphatic rings. The van der Waals surface area contributed by atoms with Gasteiger partial charge in [0.1, 0.15) is 0 Å². The summed E-state index contributed by atoms with van der Waals surface area (Å²) in [5.41, 5.74) is 1.66. The van der Waals surface area contributed by atoms with Crippen molar-refractivity contribution in [3.05, 3.63) is 65.0 Å². The Hall–Kier alpha value is -2.96. The molecule has 0 saturated heterocycles. The molecule has 0 spiro atoms. The fourth-order valence-electron chi connectivity index (χ4n) is 2.26. The lowest BCUT2D eigenvalue weighted by molar-refractivity contribution is 0.0916. The zero-order valence-electron chi connectivity index (χ0n) is 13.6. The molecule has 0 aliphatic carbocycles. The number of aromatic nitrogens is 3. The maximum atomic E-state index is 12.1. The van der Waals surface area contributed by atoms with E-state index in [1.54, 1.807) is 6.92 Å². The highest BCUT2D eigenvalue weighted by molar-refractivity contribution is 5.92. The molecule has 7 heteroatoms. The quantitative estimate of drug-likeness (QED) is 0.748. The van der Waals surface area contributed by atoms with Crippen molar-refractivity contribution in [2.24, 2.45) is 0 Å². The van der Waals surface area contributed by atoms with Gasteiger partial charge in [0.15, 0.2) is 11.7 Å². The third-order valence-electron chi connectivity index (χ3n) is 3.46. The van der Waals surface area contributed by atoms with Crippen LogP contribution in [-0.2, 0) is 19.4 Å². The minimum Gasteiger partial charge on any atom is -0.435 e. The van der Waals surface area contributed by atoms with Gasteiger partial charge < -0.3 is 14.3 Å². The third kappa shape index (κ3) is 3.68. The first kappa shape index (κ1) is 15.9. The smallest absolute Gasteiger partial charge is 0.289 e. The molecule has 3 rings (SSSR count). The molecule has 7 nitrogen and oxygen atoms in total. The Bertz CT molecular complexity index is 823. The second kappa shape index (κ2) is 7.08. The van der Waals surface area contributed by atoms with Gasteiger partial charge in [-0.2, -0.15) is 4.98 Å². The highest BCUT2D eigenvalue weighted by Crippen LogP contribution is 2.11. The average Bonchev–Trinajstić information content (AvgIpc) is 3.20. The summed E-state index contributed by atoms with van der Waals surface area (Å²) in [6, 6.07) is 9.86. The van der Waals surface area contributed by atoms with Crippen molar-refractivity contribution in [2.75, 3.05) is 0 Å². The number of benzene rings is 1. The molecule has 3 aromatic rings. The van der Waals surface area contributed by atoms with Crippen molar-refractivity contribution in [2.45, 2.75) is 33.2 Å². The second-order valence-corrected chi connectivity index (χ2v) is 5.33. The fraction of sp³-hybridized carbons (Fsp3) is 0.294. The zero-order valence-corrected chi connectivity index (χ0v) is 13.6. The van der Waals surface area contributed by atoms with E-state index in [1.807, 2.05) is 37.3 Å². The first-order valence-corrected chi connectivity index (χ1v) is 7.75. The molecule has 1 aromatic carbocycles. The van der Waals surface area contributed by atoms with E-state index in [-0.39, 0.29) is 18.2 Å². The summed E-state index contributed by atoms with van der Waals surface area (Å²) in [5.74, 6) is 1.34. The van der Waals surface area contributed by atoms with Crippen LogP contribution in [0.15, 0.2) is 39.3 Å². The number of nitrogens with zero attached hydrogens (tertiary/aromatic N) is 3. The van der Waals surface area contributed by atoms with Gasteiger partial charge in [-0.25, -0.2) is 4.98 Å². The van der Waals surface area contributed by atoms with Gasteiger partial charge in [0.05, 0.1) is 12.2 Å². The fourth-order valence-corrected chi connectivity index (χ4v) is 2.26. The molecule has 0 saturated carbocycles. The number of amides is 1. The molecule has 0 bridgehead atoms. The molecule has 1 amide bonds. The molecular weight excluding hydrogens is 308 g/mol. The normalized spacial score (nSPS) is 10.8. The Morgan fingerprint density at radius 1 is 1.17 bits per heavy atom. The van der Waals surface area contributed by atoms with E-state index in [9.17, 15) is 4.79 Å². The van der Waals surface area contributed by atoms with Crippen LogP contribution in [0.5, 0.6) is 0 Å². The van der Waals surface area contributed by atoms with E-state index < -0.39 is 0 Å². The van der Waals surface area contributed by atoms with Crippen LogP contribution in [0.1, 0.15) is 46.3 Å². The maximum Gasteiger partial charge on any atom is 0.289 e. The Morgan fingerprint density at radius 3 is 2.67 bits per heavy atom.